The van der Waals surface area contributed by atoms with Crippen LogP contribution in [0, 0.1) is 0 Å². The molecule has 13 aromatic carbocycles. The van der Waals surface area contributed by atoms with Crippen LogP contribution < -0.4 is 77.6 Å². The van der Waals surface area contributed by atoms with Gasteiger partial charge in [0.2, 0.25) is 0 Å². The lowest BCUT2D eigenvalue weighted by Crippen LogP contribution is -2.57. The Kier molecular flexibility index (Phi) is 12.3. The minimum atomic E-state index is 0.0868. The molecule has 9 heterocycles. The van der Waals surface area contributed by atoms with Gasteiger partial charge in [-0.2, -0.15) is 0 Å². The second kappa shape index (κ2) is 21.7. The van der Waals surface area contributed by atoms with Crippen LogP contribution in [0.15, 0.2) is 306 Å². The van der Waals surface area contributed by atoms with Gasteiger partial charge < -0.3 is 37.3 Å². The van der Waals surface area contributed by atoms with Crippen molar-refractivity contribution >= 4 is 113 Å². The minimum absolute atomic E-state index is 0.0868. The molecule has 0 bridgehead atoms. The van der Waals surface area contributed by atoms with Crippen molar-refractivity contribution in [1.82, 2.24) is 0 Å². The number of fused-ring (bicyclic) bond motifs is 15. The third-order valence-electron chi connectivity index (χ3n) is 19.2. The Morgan fingerprint density at radius 2 is 0.573 bits per heavy atom. The SMILES string of the molecule is c1ccc(-c2cc3cc(-c4cc5c6c(c4)Oc4ccccc4B6c4ccccc4O5)ccc3o2)cc1.c1ccc2c(c1)Oc1cc(-c3cc4ccccc4o3)cc3c1B2c1ccccc1O3.c1ccc2c(c1)Oc1cc(-c3cc4ccccc4s3)cc3c1B2c1ccccc1O3. The average molecular weight is 1250 g/mol. The number of rotatable bonds is 4. The fraction of sp³-hybridized carbons (Fsp3) is 0. The van der Waals surface area contributed by atoms with Crippen molar-refractivity contribution in [3.63, 3.8) is 0 Å². The molecule has 6 aliphatic heterocycles. The molecule has 12 heteroatoms. The number of hydrogen-bond donors (Lipinski definition) is 0. The first-order chi connectivity index (χ1) is 47.5. The molecule has 0 aliphatic carbocycles. The molecule has 8 nitrogen and oxygen atoms in total. The first-order valence-corrected chi connectivity index (χ1v) is 33.1. The first-order valence-electron chi connectivity index (χ1n) is 32.2. The van der Waals surface area contributed by atoms with Crippen LogP contribution in [0.25, 0.3) is 76.2 Å². The summed E-state index contributed by atoms with van der Waals surface area (Å²) in [4.78, 5) is 1.22. The summed E-state index contributed by atoms with van der Waals surface area (Å²) in [7, 11) is 0. The maximum absolute atomic E-state index is 6.45. The van der Waals surface area contributed by atoms with E-state index in [1.807, 2.05) is 103 Å². The van der Waals surface area contributed by atoms with Crippen LogP contribution in [0.5, 0.6) is 69.0 Å². The summed E-state index contributed by atoms with van der Waals surface area (Å²) in [6.45, 7) is 0.305. The number of furan rings is 2. The molecule has 16 aromatic rings. The Bertz CT molecular complexity index is 5370. The second-order valence-corrected chi connectivity index (χ2v) is 25.9. The smallest absolute Gasteiger partial charge is 0.260 e. The third-order valence-corrected chi connectivity index (χ3v) is 20.4. The van der Waals surface area contributed by atoms with Gasteiger partial charge in [0, 0.05) is 47.9 Å². The average Bonchev–Trinajstić information content (AvgIpc) is 0.835. The number of benzene rings is 13. The lowest BCUT2D eigenvalue weighted by Gasteiger charge is -2.33. The quantitative estimate of drug-likeness (QED) is 0.161. The van der Waals surface area contributed by atoms with Crippen LogP contribution in [0.1, 0.15) is 0 Å². The van der Waals surface area contributed by atoms with Crippen LogP contribution >= 0.6 is 11.3 Å². The summed E-state index contributed by atoms with van der Waals surface area (Å²) in [5.41, 5.74) is 17.3. The summed E-state index contributed by atoms with van der Waals surface area (Å²) in [6, 6.07) is 102. The van der Waals surface area contributed by atoms with E-state index in [-0.39, 0.29) is 20.1 Å². The fourth-order valence-corrected chi connectivity index (χ4v) is 15.9. The van der Waals surface area contributed by atoms with Gasteiger partial charge in [-0.25, -0.2) is 0 Å². The lowest BCUT2D eigenvalue weighted by molar-refractivity contribution is 0.464. The van der Waals surface area contributed by atoms with Crippen molar-refractivity contribution in [3.8, 4) is 113 Å². The van der Waals surface area contributed by atoms with E-state index in [2.05, 4.69) is 194 Å². The van der Waals surface area contributed by atoms with Gasteiger partial charge >= 0.3 is 0 Å². The first kappa shape index (κ1) is 54.5. The molecule has 0 N–H and O–H groups in total. The van der Waals surface area contributed by atoms with Gasteiger partial charge in [-0.1, -0.05) is 182 Å². The molecule has 22 rings (SSSR count). The summed E-state index contributed by atoms with van der Waals surface area (Å²) < 4.78 is 51.9. The van der Waals surface area contributed by atoms with E-state index in [0.29, 0.717) is 0 Å². The molecular weight excluding hydrogens is 1200 g/mol. The minimum Gasteiger partial charge on any atom is -0.458 e. The predicted molar refractivity (Wildman–Crippen MR) is 389 cm³/mol. The Balaban J connectivity index is 0.0000000990. The summed E-state index contributed by atoms with van der Waals surface area (Å²) >= 11 is 1.80. The summed E-state index contributed by atoms with van der Waals surface area (Å²) in [6.07, 6.45) is 0. The Morgan fingerprint density at radius 1 is 0.219 bits per heavy atom. The molecule has 0 amide bonds. The third kappa shape index (κ3) is 8.94. The van der Waals surface area contributed by atoms with E-state index in [4.69, 9.17) is 37.3 Å². The molecule has 0 radical (unpaired) electrons. The van der Waals surface area contributed by atoms with Crippen molar-refractivity contribution in [2.75, 3.05) is 0 Å². The zero-order valence-electron chi connectivity index (χ0n) is 51.2. The highest BCUT2D eigenvalue weighted by atomic mass is 32.1. The highest BCUT2D eigenvalue weighted by Gasteiger charge is 2.43. The van der Waals surface area contributed by atoms with Crippen LogP contribution in [0.2, 0.25) is 0 Å². The molecule has 448 valence electrons. The molecule has 96 heavy (non-hydrogen) atoms. The molecule has 6 aliphatic rings. The highest BCUT2D eigenvalue weighted by Crippen LogP contribution is 2.44. The van der Waals surface area contributed by atoms with E-state index in [9.17, 15) is 0 Å². The maximum atomic E-state index is 6.45. The molecule has 3 aromatic heterocycles. The van der Waals surface area contributed by atoms with Gasteiger partial charge in [0.15, 0.2) is 0 Å². The number of ether oxygens (including phenoxy) is 6. The zero-order valence-corrected chi connectivity index (χ0v) is 52.0. The van der Waals surface area contributed by atoms with Crippen molar-refractivity contribution in [3.05, 3.63) is 297 Å². The number of para-hydroxylation sites is 7. The monoisotopic (exact) mass is 1250 g/mol. The zero-order chi connectivity index (χ0) is 63.0. The van der Waals surface area contributed by atoms with Crippen molar-refractivity contribution in [2.45, 2.75) is 0 Å². The lowest BCUT2D eigenvalue weighted by atomic mass is 9.35. The maximum Gasteiger partial charge on any atom is 0.260 e. The van der Waals surface area contributed by atoms with Gasteiger partial charge in [-0.3, -0.25) is 0 Å². The predicted octanol–water partition coefficient (Wildman–Crippen LogP) is 16.6. The Labute approximate surface area is 557 Å². The van der Waals surface area contributed by atoms with Crippen molar-refractivity contribution in [1.29, 1.82) is 0 Å². The van der Waals surface area contributed by atoms with Gasteiger partial charge in [-0.15, -0.1) is 11.3 Å². The fourth-order valence-electron chi connectivity index (χ4n) is 14.8. The molecule has 0 fully saturated rings. The van der Waals surface area contributed by atoms with E-state index in [0.717, 1.165) is 147 Å². The molecule has 0 unspecified atom stereocenters. The van der Waals surface area contributed by atoms with Gasteiger partial charge in [0.05, 0.1) is 0 Å². The topological polar surface area (TPSA) is 81.7 Å². The van der Waals surface area contributed by atoms with Crippen LogP contribution in [0.4, 0.5) is 0 Å². The number of thiophene rings is 1. The van der Waals surface area contributed by atoms with Gasteiger partial charge in [0.1, 0.15) is 91.7 Å². The van der Waals surface area contributed by atoms with Crippen molar-refractivity contribution in [2.24, 2.45) is 0 Å². The van der Waals surface area contributed by atoms with Crippen molar-refractivity contribution < 1.29 is 37.3 Å². The van der Waals surface area contributed by atoms with Crippen LogP contribution in [0.3, 0.4) is 0 Å². The van der Waals surface area contributed by atoms with E-state index in [1.54, 1.807) is 11.3 Å². The molecule has 0 atom stereocenters. The van der Waals surface area contributed by atoms with Crippen LogP contribution in [-0.2, 0) is 0 Å². The molecule has 0 spiro atoms. The largest absolute Gasteiger partial charge is 0.458 e. The Hall–Kier alpha value is -12.1. The molecular formula is C84H49B3O8S. The standard InChI is InChI=1S/C32H19BO3.C26H15BO3.C26H15BO2S/c1-2-8-20(9-3-1)29-19-23-16-21(14-15-26(23)34-29)22-17-30-32-31(18-22)36-28-13-7-5-11-25(28)33(32)24-10-4-6-12-27(24)35-30;1-4-10-20-16(7-1)13-23(28-20)17-14-24-26-25(15-17)30-22-12-6-3-9-19(22)27(26)18-8-2-5-11-21(18)29-24;1-6-12-24-16(7-1)15-25(30-24)17-13-22-26-23(14-17)29-21-11-5-3-9-19(21)27(26)18-8-2-4-10-20(18)28-22/h1-19H;2*1-15H. The van der Waals surface area contributed by atoms with Gasteiger partial charge in [-0.05, 0) is 170 Å². The summed E-state index contributed by atoms with van der Waals surface area (Å²) in [5.74, 6) is 12.2. The van der Waals surface area contributed by atoms with E-state index < -0.39 is 0 Å². The normalized spacial score (nSPS) is 13.0. The number of hydrogen-bond acceptors (Lipinski definition) is 9. The van der Waals surface area contributed by atoms with Gasteiger partial charge in [0.25, 0.3) is 20.1 Å². The van der Waals surface area contributed by atoms with Crippen LogP contribution in [-0.4, -0.2) is 20.1 Å². The summed E-state index contributed by atoms with van der Waals surface area (Å²) in [5, 5.41) is 3.40. The highest BCUT2D eigenvalue weighted by molar-refractivity contribution is 7.22. The Morgan fingerprint density at radius 3 is 1.02 bits per heavy atom. The molecule has 0 saturated heterocycles. The molecule has 0 saturated carbocycles. The van der Waals surface area contributed by atoms with E-state index in [1.165, 1.54) is 47.7 Å². The second-order valence-electron chi connectivity index (χ2n) is 24.8. The van der Waals surface area contributed by atoms with E-state index >= 15 is 0 Å².